The zero-order chi connectivity index (χ0) is 12.8. The van der Waals surface area contributed by atoms with E-state index in [0.29, 0.717) is 0 Å². The Hall–Kier alpha value is -0.660. The predicted molar refractivity (Wildman–Crippen MR) is 65.2 cm³/mol. The van der Waals surface area contributed by atoms with E-state index in [2.05, 4.69) is 13.2 Å². The van der Waals surface area contributed by atoms with Gasteiger partial charge in [-0.15, -0.1) is 0 Å². The average molecular weight is 267 g/mol. The maximum atomic E-state index is 11.4. The first-order valence-electron chi connectivity index (χ1n) is 4.70. The molecule has 0 heterocycles. The fraction of sp³-hybridized carbons (Fsp3) is 0.556. The van der Waals surface area contributed by atoms with Crippen molar-refractivity contribution in [1.82, 2.24) is 0 Å². The van der Waals surface area contributed by atoms with Gasteiger partial charge in [-0.05, 0) is 12.8 Å². The van der Waals surface area contributed by atoms with Crippen LogP contribution in [0.2, 0.25) is 0 Å². The zero-order valence-electron chi connectivity index (χ0n) is 9.00. The van der Waals surface area contributed by atoms with Crippen LogP contribution in [0.5, 0.6) is 0 Å². The van der Waals surface area contributed by atoms with Crippen molar-refractivity contribution in [3.8, 4) is 0 Å². The smallest absolute Gasteiger partial charge is 0.175 e. The van der Waals surface area contributed by atoms with Crippen LogP contribution in [0.3, 0.4) is 0 Å². The molecule has 1 atom stereocenters. The third-order valence-electron chi connectivity index (χ3n) is 2.17. The molecular formula is C9H17NO4S2. The third kappa shape index (κ3) is 4.91. The highest BCUT2D eigenvalue weighted by atomic mass is 32.2. The van der Waals surface area contributed by atoms with Crippen molar-refractivity contribution in [2.24, 2.45) is 5.73 Å². The van der Waals surface area contributed by atoms with Gasteiger partial charge in [0.05, 0.1) is 11.0 Å². The standard InChI is InChI=1S/C9H17NO4S2/c1-3-15(11,12)7-5-6-9(8-10)16(13,14)4-2/h3-4,9H,1-2,5-8,10H2. The maximum absolute atomic E-state index is 11.4. The van der Waals surface area contributed by atoms with E-state index in [0.717, 1.165) is 10.8 Å². The van der Waals surface area contributed by atoms with Gasteiger partial charge in [-0.3, -0.25) is 0 Å². The molecule has 2 N–H and O–H groups in total. The molecule has 0 aromatic carbocycles. The third-order valence-corrected chi connectivity index (χ3v) is 5.36. The van der Waals surface area contributed by atoms with Crippen LogP contribution in [-0.2, 0) is 19.7 Å². The van der Waals surface area contributed by atoms with Crippen molar-refractivity contribution in [2.45, 2.75) is 18.1 Å². The van der Waals surface area contributed by atoms with Gasteiger partial charge in [0.25, 0.3) is 0 Å². The molecule has 0 fully saturated rings. The summed E-state index contributed by atoms with van der Waals surface area (Å²) in [6.45, 7) is 6.33. The second-order valence-electron chi connectivity index (χ2n) is 3.29. The van der Waals surface area contributed by atoms with Crippen molar-refractivity contribution in [1.29, 1.82) is 0 Å². The van der Waals surface area contributed by atoms with E-state index in [4.69, 9.17) is 5.73 Å². The summed E-state index contributed by atoms with van der Waals surface area (Å²) in [6, 6.07) is 0. The quantitative estimate of drug-likeness (QED) is 0.678. The zero-order valence-corrected chi connectivity index (χ0v) is 10.6. The first-order valence-corrected chi connectivity index (χ1v) is 8.03. The molecule has 0 saturated carbocycles. The van der Waals surface area contributed by atoms with E-state index in [1.54, 1.807) is 0 Å². The lowest BCUT2D eigenvalue weighted by atomic mass is 10.2. The van der Waals surface area contributed by atoms with Crippen LogP contribution in [0.1, 0.15) is 12.8 Å². The summed E-state index contributed by atoms with van der Waals surface area (Å²) in [5.41, 5.74) is 5.32. The molecule has 0 saturated heterocycles. The van der Waals surface area contributed by atoms with E-state index < -0.39 is 24.9 Å². The van der Waals surface area contributed by atoms with Gasteiger partial charge in [-0.25, -0.2) is 16.8 Å². The highest BCUT2D eigenvalue weighted by molar-refractivity contribution is 7.95. The number of hydrogen-bond donors (Lipinski definition) is 1. The van der Waals surface area contributed by atoms with E-state index in [1.165, 1.54) is 0 Å². The fourth-order valence-corrected chi connectivity index (χ4v) is 2.92. The average Bonchev–Trinajstić information content (AvgIpc) is 2.24. The first kappa shape index (κ1) is 15.3. The molecule has 0 rings (SSSR count). The van der Waals surface area contributed by atoms with Crippen LogP contribution in [0.25, 0.3) is 0 Å². The molecule has 5 nitrogen and oxygen atoms in total. The topological polar surface area (TPSA) is 94.3 Å². The Morgan fingerprint density at radius 2 is 1.69 bits per heavy atom. The summed E-state index contributed by atoms with van der Waals surface area (Å²) >= 11 is 0. The van der Waals surface area contributed by atoms with Crippen LogP contribution < -0.4 is 5.73 Å². The number of sulfone groups is 2. The second-order valence-corrected chi connectivity index (χ2v) is 7.53. The van der Waals surface area contributed by atoms with Gasteiger partial charge < -0.3 is 5.73 Å². The predicted octanol–water partition coefficient (Wildman–Crippen LogP) is 0.211. The highest BCUT2D eigenvalue weighted by Gasteiger charge is 2.21. The van der Waals surface area contributed by atoms with Gasteiger partial charge in [0.2, 0.25) is 0 Å². The van der Waals surface area contributed by atoms with Crippen molar-refractivity contribution in [3.05, 3.63) is 24.0 Å². The summed E-state index contributed by atoms with van der Waals surface area (Å²) in [5.74, 6) is -0.111. The lowest BCUT2D eigenvalue weighted by Crippen LogP contribution is -2.28. The summed E-state index contributed by atoms with van der Waals surface area (Å²) in [4.78, 5) is 0. The molecule has 7 heteroatoms. The Labute approximate surface area is 96.9 Å². The molecular weight excluding hydrogens is 250 g/mol. The van der Waals surface area contributed by atoms with Crippen LogP contribution in [0.4, 0.5) is 0 Å². The fourth-order valence-electron chi connectivity index (χ4n) is 1.15. The van der Waals surface area contributed by atoms with Gasteiger partial charge >= 0.3 is 0 Å². The molecule has 0 spiro atoms. The van der Waals surface area contributed by atoms with E-state index in [-0.39, 0.29) is 25.1 Å². The minimum atomic E-state index is -3.42. The molecule has 0 radical (unpaired) electrons. The molecule has 0 bridgehead atoms. The summed E-state index contributed by atoms with van der Waals surface area (Å²) in [6.07, 6.45) is 0.446. The number of nitrogens with two attached hydrogens (primary N) is 1. The van der Waals surface area contributed by atoms with Crippen molar-refractivity contribution in [2.75, 3.05) is 12.3 Å². The minimum absolute atomic E-state index is 0.0392. The molecule has 0 aromatic rings. The molecule has 0 aromatic heterocycles. The van der Waals surface area contributed by atoms with Gasteiger partial charge in [0.15, 0.2) is 19.7 Å². The molecule has 1 unspecified atom stereocenters. The molecule has 0 amide bonds. The summed E-state index contributed by atoms with van der Waals surface area (Å²) in [5, 5.41) is 0.962. The van der Waals surface area contributed by atoms with Crippen LogP contribution in [0, 0.1) is 0 Å². The maximum Gasteiger partial charge on any atom is 0.175 e. The van der Waals surface area contributed by atoms with Crippen LogP contribution >= 0.6 is 0 Å². The molecule has 94 valence electrons. The van der Waals surface area contributed by atoms with Crippen molar-refractivity contribution >= 4 is 19.7 Å². The molecule has 0 aliphatic rings. The van der Waals surface area contributed by atoms with Crippen molar-refractivity contribution in [3.63, 3.8) is 0 Å². The lowest BCUT2D eigenvalue weighted by molar-refractivity contribution is 0.574. The van der Waals surface area contributed by atoms with Crippen molar-refractivity contribution < 1.29 is 16.8 Å². The van der Waals surface area contributed by atoms with Crippen LogP contribution in [0.15, 0.2) is 24.0 Å². The molecule has 16 heavy (non-hydrogen) atoms. The largest absolute Gasteiger partial charge is 0.329 e. The summed E-state index contributed by atoms with van der Waals surface area (Å²) < 4.78 is 44.9. The Bertz CT molecular complexity index is 436. The van der Waals surface area contributed by atoms with E-state index in [9.17, 15) is 16.8 Å². The van der Waals surface area contributed by atoms with Gasteiger partial charge in [-0.2, -0.15) is 0 Å². The van der Waals surface area contributed by atoms with Gasteiger partial charge in [-0.1, -0.05) is 13.2 Å². The van der Waals surface area contributed by atoms with E-state index >= 15 is 0 Å². The monoisotopic (exact) mass is 267 g/mol. The molecule has 0 aliphatic heterocycles. The first-order chi connectivity index (χ1) is 7.29. The van der Waals surface area contributed by atoms with E-state index in [1.807, 2.05) is 0 Å². The Morgan fingerprint density at radius 1 is 1.12 bits per heavy atom. The number of hydrogen-bond acceptors (Lipinski definition) is 5. The second kappa shape index (κ2) is 6.17. The van der Waals surface area contributed by atoms with Gasteiger partial charge in [0, 0.05) is 17.4 Å². The summed E-state index contributed by atoms with van der Waals surface area (Å²) in [7, 11) is -6.69. The minimum Gasteiger partial charge on any atom is -0.329 e. The Kier molecular flexibility index (Phi) is 5.91. The number of rotatable bonds is 8. The SMILES string of the molecule is C=CS(=O)(=O)CCCC(CN)S(=O)(=O)C=C. The highest BCUT2D eigenvalue weighted by Crippen LogP contribution is 2.10. The normalized spacial score (nSPS) is 14.3. The Balaban J connectivity index is 4.40. The molecule has 0 aliphatic carbocycles. The van der Waals surface area contributed by atoms with Gasteiger partial charge in [0.1, 0.15) is 0 Å². The lowest BCUT2D eigenvalue weighted by Gasteiger charge is -2.12. The van der Waals surface area contributed by atoms with Crippen LogP contribution in [-0.4, -0.2) is 34.4 Å². The Morgan fingerprint density at radius 3 is 2.06 bits per heavy atom.